The number of aryl methyl sites for hydroxylation is 1. The Labute approximate surface area is 189 Å². The molecule has 2 heterocycles. The summed E-state index contributed by atoms with van der Waals surface area (Å²) in [6, 6.07) is 7.38. The zero-order valence-corrected chi connectivity index (χ0v) is 20.2. The molecule has 1 aliphatic rings. The van der Waals surface area contributed by atoms with Gasteiger partial charge in [0, 0.05) is 6.54 Å². The molecule has 2 amide bonds. The summed E-state index contributed by atoms with van der Waals surface area (Å²) >= 11 is 1.63. The molecule has 6 nitrogen and oxygen atoms in total. The van der Waals surface area contributed by atoms with Gasteiger partial charge in [0.15, 0.2) is 0 Å². The van der Waals surface area contributed by atoms with Gasteiger partial charge < -0.3 is 15.5 Å². The lowest BCUT2D eigenvalue weighted by Crippen LogP contribution is -2.55. The van der Waals surface area contributed by atoms with Crippen LogP contribution in [0.3, 0.4) is 0 Å². The van der Waals surface area contributed by atoms with Crippen molar-refractivity contribution < 1.29 is 9.59 Å². The van der Waals surface area contributed by atoms with E-state index in [9.17, 15) is 9.59 Å². The van der Waals surface area contributed by atoms with Crippen LogP contribution >= 0.6 is 11.3 Å². The van der Waals surface area contributed by atoms with Crippen LogP contribution in [0.5, 0.6) is 0 Å². The van der Waals surface area contributed by atoms with Gasteiger partial charge in [-0.2, -0.15) is 0 Å². The molecule has 1 saturated heterocycles. The lowest BCUT2D eigenvalue weighted by Gasteiger charge is -2.35. The number of carbonyl (C=O) groups excluding carboxylic acids is 2. The van der Waals surface area contributed by atoms with Crippen LogP contribution in [0.4, 0.5) is 0 Å². The van der Waals surface area contributed by atoms with Crippen molar-refractivity contribution in [3.8, 4) is 10.4 Å². The van der Waals surface area contributed by atoms with Crippen LogP contribution in [0.25, 0.3) is 10.4 Å². The molecule has 0 aliphatic carbocycles. The molecule has 3 rings (SSSR count). The molecule has 1 aromatic carbocycles. The van der Waals surface area contributed by atoms with E-state index in [0.717, 1.165) is 23.2 Å². The lowest BCUT2D eigenvalue weighted by molar-refractivity contribution is -0.142. The number of nitrogens with one attached hydrogen (secondary N) is 2. The van der Waals surface area contributed by atoms with E-state index in [2.05, 4.69) is 27.8 Å². The smallest absolute Gasteiger partial charge is 0.243 e. The minimum absolute atomic E-state index is 0.00424. The third-order valence-electron chi connectivity index (χ3n) is 6.02. The summed E-state index contributed by atoms with van der Waals surface area (Å²) in [5.41, 5.74) is 4.84. The molecule has 0 radical (unpaired) electrons. The molecule has 1 unspecified atom stereocenters. The van der Waals surface area contributed by atoms with Crippen LogP contribution in [0.1, 0.15) is 57.8 Å². The fraction of sp³-hybridized carbons (Fsp3) is 0.542. The largest absolute Gasteiger partial charge is 0.348 e. The van der Waals surface area contributed by atoms with Crippen molar-refractivity contribution >= 4 is 23.2 Å². The first-order valence-electron chi connectivity index (χ1n) is 10.9. The number of likely N-dealkylation sites (tertiary alicyclic amines) is 1. The van der Waals surface area contributed by atoms with E-state index in [1.54, 1.807) is 23.3 Å². The Kier molecular flexibility index (Phi) is 7.17. The van der Waals surface area contributed by atoms with Crippen molar-refractivity contribution in [2.75, 3.05) is 13.6 Å². The first-order valence-corrected chi connectivity index (χ1v) is 11.8. The fourth-order valence-electron chi connectivity index (χ4n) is 4.29. The van der Waals surface area contributed by atoms with Gasteiger partial charge in [0.05, 0.1) is 28.2 Å². The van der Waals surface area contributed by atoms with Crippen LogP contribution in [0.2, 0.25) is 0 Å². The van der Waals surface area contributed by atoms with Crippen LogP contribution < -0.4 is 10.6 Å². The highest BCUT2D eigenvalue weighted by molar-refractivity contribution is 7.13. The van der Waals surface area contributed by atoms with E-state index < -0.39 is 6.04 Å². The predicted octanol–water partition coefficient (Wildman–Crippen LogP) is 3.92. The van der Waals surface area contributed by atoms with Crippen LogP contribution in [-0.4, -0.2) is 47.4 Å². The third kappa shape index (κ3) is 5.15. The number of likely N-dealkylation sites (N-methyl/N-ethyl adjacent to an activating group) is 1. The number of thiazole rings is 1. The van der Waals surface area contributed by atoms with E-state index in [1.165, 1.54) is 4.88 Å². The second-order valence-electron chi connectivity index (χ2n) is 9.40. The molecular weight excluding hydrogens is 408 g/mol. The monoisotopic (exact) mass is 442 g/mol. The number of aromatic nitrogens is 1. The maximum absolute atomic E-state index is 13.2. The van der Waals surface area contributed by atoms with Gasteiger partial charge in [-0.25, -0.2) is 4.98 Å². The van der Waals surface area contributed by atoms with E-state index in [4.69, 9.17) is 0 Å². The number of nitrogens with zero attached hydrogens (tertiary/aromatic N) is 2. The molecule has 2 N–H and O–H groups in total. The van der Waals surface area contributed by atoms with Crippen molar-refractivity contribution in [1.29, 1.82) is 0 Å². The summed E-state index contributed by atoms with van der Waals surface area (Å²) in [6.45, 7) is 10.7. The zero-order valence-electron chi connectivity index (χ0n) is 19.4. The summed E-state index contributed by atoms with van der Waals surface area (Å²) in [5.74, 6) is -0.0749. The quantitative estimate of drug-likeness (QED) is 0.711. The second kappa shape index (κ2) is 9.49. The third-order valence-corrected chi connectivity index (χ3v) is 6.99. The maximum atomic E-state index is 13.2. The summed E-state index contributed by atoms with van der Waals surface area (Å²) in [5, 5.41) is 6.26. The predicted molar refractivity (Wildman–Crippen MR) is 126 cm³/mol. The maximum Gasteiger partial charge on any atom is 0.243 e. The van der Waals surface area contributed by atoms with Gasteiger partial charge in [0.1, 0.15) is 6.04 Å². The van der Waals surface area contributed by atoms with Gasteiger partial charge in [0.2, 0.25) is 11.8 Å². The molecule has 0 bridgehead atoms. The molecule has 1 aromatic heterocycles. The molecule has 0 spiro atoms. The Bertz CT molecular complexity index is 916. The summed E-state index contributed by atoms with van der Waals surface area (Å²) < 4.78 is 0. The Hall–Kier alpha value is -2.25. The Morgan fingerprint density at radius 3 is 2.45 bits per heavy atom. The molecule has 168 valence electrons. The highest BCUT2D eigenvalue weighted by Crippen LogP contribution is 2.29. The van der Waals surface area contributed by atoms with Crippen molar-refractivity contribution in [3.63, 3.8) is 0 Å². The lowest BCUT2D eigenvalue weighted by atomic mass is 9.86. The molecule has 7 heteroatoms. The van der Waals surface area contributed by atoms with Crippen LogP contribution in [-0.2, 0) is 9.59 Å². The van der Waals surface area contributed by atoms with Crippen LogP contribution in [0, 0.1) is 12.3 Å². The Balaban J connectivity index is 1.67. The average Bonchev–Trinajstić information content (AvgIpc) is 3.36. The second-order valence-corrected chi connectivity index (χ2v) is 10.3. The average molecular weight is 443 g/mol. The summed E-state index contributed by atoms with van der Waals surface area (Å²) in [4.78, 5) is 33.5. The number of amides is 2. The van der Waals surface area contributed by atoms with Gasteiger partial charge in [-0.1, -0.05) is 45.0 Å². The minimum Gasteiger partial charge on any atom is -0.348 e. The minimum atomic E-state index is -0.410. The Morgan fingerprint density at radius 2 is 1.90 bits per heavy atom. The van der Waals surface area contributed by atoms with Crippen molar-refractivity contribution in [3.05, 3.63) is 41.0 Å². The molecule has 1 aliphatic heterocycles. The zero-order chi connectivity index (χ0) is 22.8. The van der Waals surface area contributed by atoms with Gasteiger partial charge in [-0.15, -0.1) is 11.3 Å². The summed E-state index contributed by atoms with van der Waals surface area (Å²) in [6.07, 6.45) is 1.55. The standard InChI is InChI=1S/C24H34N4O2S/c1-15(17-9-11-18(12-10-17)20-16(2)26-14-31-20)27-22(29)19-8-7-13-28(19)23(30)21(25-6)24(3,4)5/h9-12,14-15,19,21,25H,7-8,13H2,1-6H3,(H,27,29)/t15-,19-,21?/m0/s1. The molecule has 3 atom stereocenters. The SMILES string of the molecule is CNC(C(=O)N1CCC[C@H]1C(=O)N[C@@H](C)c1ccc(-c2scnc2C)cc1)C(C)(C)C. The van der Waals surface area contributed by atoms with E-state index >= 15 is 0 Å². The van der Waals surface area contributed by atoms with Gasteiger partial charge in [-0.3, -0.25) is 9.59 Å². The van der Waals surface area contributed by atoms with Gasteiger partial charge in [0.25, 0.3) is 0 Å². The van der Waals surface area contributed by atoms with E-state index in [-0.39, 0.29) is 29.3 Å². The number of rotatable bonds is 6. The fourth-order valence-corrected chi connectivity index (χ4v) is 5.10. The number of hydrogen-bond acceptors (Lipinski definition) is 5. The first-order chi connectivity index (χ1) is 14.6. The van der Waals surface area contributed by atoms with Crippen molar-refractivity contribution in [2.45, 2.75) is 65.6 Å². The highest BCUT2D eigenvalue weighted by atomic mass is 32.1. The van der Waals surface area contributed by atoms with E-state index in [1.807, 2.05) is 52.3 Å². The molecular formula is C24H34N4O2S. The van der Waals surface area contributed by atoms with Crippen LogP contribution in [0.15, 0.2) is 29.8 Å². The Morgan fingerprint density at radius 1 is 1.23 bits per heavy atom. The number of carbonyl (C=O) groups is 2. The highest BCUT2D eigenvalue weighted by Gasteiger charge is 2.40. The van der Waals surface area contributed by atoms with Crippen molar-refractivity contribution in [1.82, 2.24) is 20.5 Å². The van der Waals surface area contributed by atoms with Crippen molar-refractivity contribution in [2.24, 2.45) is 5.41 Å². The summed E-state index contributed by atoms with van der Waals surface area (Å²) in [7, 11) is 1.80. The van der Waals surface area contributed by atoms with Gasteiger partial charge >= 0.3 is 0 Å². The molecule has 2 aromatic rings. The molecule has 0 saturated carbocycles. The first kappa shape index (κ1) is 23.4. The topological polar surface area (TPSA) is 74.3 Å². The normalized spacial score (nSPS) is 18.6. The molecule has 31 heavy (non-hydrogen) atoms. The number of hydrogen-bond donors (Lipinski definition) is 2. The number of benzene rings is 1. The van der Waals surface area contributed by atoms with E-state index in [0.29, 0.717) is 13.0 Å². The van der Waals surface area contributed by atoms with Gasteiger partial charge in [-0.05, 0) is 50.3 Å². The molecule has 1 fully saturated rings.